The molecule has 3 heterocycles. The number of fused-ring (bicyclic) bond motifs is 9. The zero-order valence-electron chi connectivity index (χ0n) is 29.9. The molecule has 0 fully saturated rings. The van der Waals surface area contributed by atoms with Crippen molar-refractivity contribution in [3.8, 4) is 51.0 Å². The molecule has 8 aromatic rings. The Hall–Kier alpha value is -5.69. The topological polar surface area (TPSA) is 43.6 Å². The molecular weight excluding hydrogens is 697 g/mol. The lowest BCUT2D eigenvalue weighted by Crippen LogP contribution is -2.15. The van der Waals surface area contributed by atoms with E-state index in [1.54, 1.807) is 0 Å². The van der Waals surface area contributed by atoms with Crippen LogP contribution in [0.4, 0.5) is 0 Å². The van der Waals surface area contributed by atoms with E-state index >= 15 is 0 Å². The van der Waals surface area contributed by atoms with E-state index in [1.165, 1.54) is 64.0 Å². The fraction of sp³-hybridized carbons (Fsp3) is 0.104. The van der Waals surface area contributed by atoms with Gasteiger partial charge < -0.3 is 4.57 Å². The van der Waals surface area contributed by atoms with Gasteiger partial charge >= 0.3 is 0 Å². The monoisotopic (exact) mass is 730 g/mol. The number of aromatic nitrogens is 4. The van der Waals surface area contributed by atoms with Gasteiger partial charge in [-0.3, -0.25) is 0 Å². The summed E-state index contributed by atoms with van der Waals surface area (Å²) in [6.07, 6.45) is 6.72. The van der Waals surface area contributed by atoms with Crippen LogP contribution in [-0.4, -0.2) is 19.5 Å². The minimum Gasteiger partial charge on any atom is -0.309 e. The van der Waals surface area contributed by atoms with Gasteiger partial charge in [0.15, 0.2) is 17.5 Å². The highest BCUT2D eigenvalue weighted by atomic mass is 32.2. The molecule has 0 bridgehead atoms. The van der Waals surface area contributed by atoms with E-state index in [-0.39, 0.29) is 5.41 Å². The van der Waals surface area contributed by atoms with Crippen molar-refractivity contribution in [2.24, 2.45) is 0 Å². The lowest BCUT2D eigenvalue weighted by atomic mass is 9.82. The highest BCUT2D eigenvalue weighted by Gasteiger charge is 2.39. The summed E-state index contributed by atoms with van der Waals surface area (Å²) in [7, 11) is 0. The van der Waals surface area contributed by atoms with Crippen molar-refractivity contribution in [1.29, 1.82) is 0 Å². The molecule has 0 saturated heterocycles. The second-order valence-electron chi connectivity index (χ2n) is 14.7. The summed E-state index contributed by atoms with van der Waals surface area (Å²) in [6, 6.07) is 47.7. The third-order valence-corrected chi connectivity index (χ3v) is 13.7. The van der Waals surface area contributed by atoms with Crippen LogP contribution in [0, 0.1) is 0 Å². The van der Waals surface area contributed by atoms with Crippen LogP contribution in [0.5, 0.6) is 0 Å². The van der Waals surface area contributed by atoms with Crippen LogP contribution in [0.15, 0.2) is 159 Å². The average Bonchev–Trinajstić information content (AvgIpc) is 3.68. The summed E-state index contributed by atoms with van der Waals surface area (Å²) in [6.45, 7) is 4.79. The van der Waals surface area contributed by atoms with Gasteiger partial charge in [0.1, 0.15) is 0 Å². The molecule has 0 radical (unpaired) electrons. The van der Waals surface area contributed by atoms with Crippen molar-refractivity contribution < 1.29 is 0 Å². The molecule has 0 N–H and O–H groups in total. The fourth-order valence-electron chi connectivity index (χ4n) is 8.55. The van der Waals surface area contributed by atoms with Crippen molar-refractivity contribution in [3.63, 3.8) is 0 Å². The standard InChI is InChI=1S/C48H34N4S2/c1-48(2)36-25-24-34-33-20-9-10-21-38(33)52(44(34)43(36)35-27-41-42(28-37(35)48)54-40-23-12-11-22-39(40)53-41)32-19-13-18-31(26-32)47-50-45(29-14-5-3-6-15-29)49-46(51-47)30-16-7-4-8-17-30/h3-8,10-19,21-28H,9,20H2,1-2H3. The number of hydrogen-bond donors (Lipinski definition) is 0. The van der Waals surface area contributed by atoms with E-state index in [4.69, 9.17) is 15.0 Å². The summed E-state index contributed by atoms with van der Waals surface area (Å²) in [5, 5.41) is 1.34. The van der Waals surface area contributed by atoms with Gasteiger partial charge in [0.25, 0.3) is 0 Å². The van der Waals surface area contributed by atoms with E-state index in [0.29, 0.717) is 17.5 Å². The van der Waals surface area contributed by atoms with Gasteiger partial charge in [0, 0.05) is 64.0 Å². The summed E-state index contributed by atoms with van der Waals surface area (Å²) >= 11 is 3.80. The summed E-state index contributed by atoms with van der Waals surface area (Å²) in [5.74, 6) is 1.98. The number of rotatable bonds is 4. The zero-order valence-corrected chi connectivity index (χ0v) is 31.5. The smallest absolute Gasteiger partial charge is 0.164 e. The van der Waals surface area contributed by atoms with Gasteiger partial charge in [-0.1, -0.05) is 141 Å². The van der Waals surface area contributed by atoms with Crippen LogP contribution in [0.2, 0.25) is 0 Å². The molecule has 0 amide bonds. The van der Waals surface area contributed by atoms with Crippen molar-refractivity contribution in [2.45, 2.75) is 51.7 Å². The van der Waals surface area contributed by atoms with Crippen LogP contribution in [0.25, 0.3) is 68.0 Å². The van der Waals surface area contributed by atoms with Crippen LogP contribution in [0.3, 0.4) is 0 Å². The van der Waals surface area contributed by atoms with E-state index in [0.717, 1.165) is 35.2 Å². The lowest BCUT2D eigenvalue weighted by molar-refractivity contribution is 0.658. The van der Waals surface area contributed by atoms with Gasteiger partial charge in [-0.2, -0.15) is 0 Å². The first-order chi connectivity index (χ1) is 26.5. The van der Waals surface area contributed by atoms with Crippen molar-refractivity contribution in [1.82, 2.24) is 19.5 Å². The molecule has 0 unspecified atom stereocenters. The molecule has 0 saturated carbocycles. The molecule has 2 aromatic heterocycles. The zero-order chi connectivity index (χ0) is 36.0. The van der Waals surface area contributed by atoms with Crippen LogP contribution in [-0.2, 0) is 11.8 Å². The first kappa shape index (κ1) is 31.8. The lowest BCUT2D eigenvalue weighted by Gasteiger charge is -2.24. The van der Waals surface area contributed by atoms with Gasteiger partial charge in [0.05, 0.1) is 5.52 Å². The number of allylic oxidation sites excluding steroid dienone is 1. The molecule has 258 valence electrons. The first-order valence-electron chi connectivity index (χ1n) is 18.5. The average molecular weight is 731 g/mol. The summed E-state index contributed by atoms with van der Waals surface area (Å²) < 4.78 is 2.52. The van der Waals surface area contributed by atoms with Crippen LogP contribution >= 0.6 is 23.5 Å². The Bertz CT molecular complexity index is 2800. The second kappa shape index (κ2) is 12.2. The maximum Gasteiger partial charge on any atom is 0.164 e. The first-order valence-corrected chi connectivity index (χ1v) is 20.1. The Labute approximate surface area is 323 Å². The van der Waals surface area contributed by atoms with Crippen LogP contribution in [0.1, 0.15) is 42.7 Å². The Kier molecular flexibility index (Phi) is 7.17. The predicted octanol–water partition coefficient (Wildman–Crippen LogP) is 12.7. The Morgan fingerprint density at radius 3 is 1.87 bits per heavy atom. The molecule has 0 spiro atoms. The van der Waals surface area contributed by atoms with Gasteiger partial charge in [-0.15, -0.1) is 0 Å². The van der Waals surface area contributed by atoms with E-state index in [1.807, 2.05) is 59.9 Å². The third kappa shape index (κ3) is 4.90. The van der Waals surface area contributed by atoms with Crippen LogP contribution < -0.4 is 0 Å². The quantitative estimate of drug-likeness (QED) is 0.180. The van der Waals surface area contributed by atoms with Gasteiger partial charge in [0.2, 0.25) is 0 Å². The normalized spacial score (nSPS) is 14.6. The predicted molar refractivity (Wildman–Crippen MR) is 223 cm³/mol. The molecule has 4 nitrogen and oxygen atoms in total. The Balaban J connectivity index is 1.13. The molecule has 11 rings (SSSR count). The SMILES string of the molecule is CC1(C)c2cc3c(cc2-c2c1ccc1c4c(n(-c5cccc(-c6nc(-c7ccccc7)nc(-c7ccccc7)n6)c5)c21)C=CCC4)Sc1ccccc1S3. The minimum atomic E-state index is -0.143. The van der Waals surface area contributed by atoms with Crippen molar-refractivity contribution >= 4 is 40.5 Å². The number of benzene rings is 6. The fourth-order valence-corrected chi connectivity index (χ4v) is 10.8. The number of nitrogens with zero attached hydrogens (tertiary/aromatic N) is 4. The molecule has 1 aliphatic heterocycles. The molecule has 6 aromatic carbocycles. The Morgan fingerprint density at radius 2 is 1.19 bits per heavy atom. The molecule has 2 aliphatic carbocycles. The highest BCUT2D eigenvalue weighted by Crippen LogP contribution is 2.57. The van der Waals surface area contributed by atoms with E-state index in [2.05, 4.69) is 128 Å². The third-order valence-electron chi connectivity index (χ3n) is 11.2. The summed E-state index contributed by atoms with van der Waals surface area (Å²) in [4.78, 5) is 20.5. The van der Waals surface area contributed by atoms with Crippen molar-refractivity contribution in [2.75, 3.05) is 0 Å². The molecule has 0 atom stereocenters. The largest absolute Gasteiger partial charge is 0.309 e. The second-order valence-corrected chi connectivity index (χ2v) is 16.9. The van der Waals surface area contributed by atoms with E-state index in [9.17, 15) is 0 Å². The minimum absolute atomic E-state index is 0.143. The van der Waals surface area contributed by atoms with Gasteiger partial charge in [-0.05, 0) is 77.6 Å². The highest BCUT2D eigenvalue weighted by molar-refractivity contribution is 8.05. The Morgan fingerprint density at radius 1 is 0.574 bits per heavy atom. The molecule has 6 heteroatoms. The van der Waals surface area contributed by atoms with E-state index < -0.39 is 0 Å². The van der Waals surface area contributed by atoms with Gasteiger partial charge in [-0.25, -0.2) is 15.0 Å². The number of aryl methyl sites for hydroxylation is 1. The maximum atomic E-state index is 5.09. The number of hydrogen-bond acceptors (Lipinski definition) is 5. The van der Waals surface area contributed by atoms with Crippen molar-refractivity contribution in [3.05, 3.63) is 162 Å². The summed E-state index contributed by atoms with van der Waals surface area (Å²) in [5.41, 5.74) is 13.3. The molecule has 54 heavy (non-hydrogen) atoms. The maximum absolute atomic E-state index is 5.09. The molecular formula is C48H34N4S2. The molecule has 3 aliphatic rings.